The molecule has 4 aromatic rings. The molecule has 0 radical (unpaired) electrons. The standard InChI is InChI=1S/C36H38O3S2/c37-33(27-35-40-24-13-25-41-35)26-34(38-28-29-14-5-1-6-15-29)22-23-39-36(30-16-7-2-8-17-30,31-18-9-3-10-19-31)32-20-11-4-12-21-32/h1-12,14-21,34-35H,13,22-28H2/t34-/m0/s1. The summed E-state index contributed by atoms with van der Waals surface area (Å²) in [5.41, 5.74) is 3.54. The van der Waals surface area contributed by atoms with Gasteiger partial charge in [-0.25, -0.2) is 0 Å². The maximum atomic E-state index is 13.2. The summed E-state index contributed by atoms with van der Waals surface area (Å²) in [6.07, 6.45) is 2.64. The SMILES string of the molecule is O=C(CC1SCCCS1)C[C@H](CCOC(c1ccccc1)(c1ccccc1)c1ccccc1)OCc1ccccc1. The minimum absolute atomic E-state index is 0.221. The summed E-state index contributed by atoms with van der Waals surface area (Å²) in [5.74, 6) is 2.57. The van der Waals surface area contributed by atoms with Crippen molar-refractivity contribution in [2.75, 3.05) is 18.1 Å². The zero-order chi connectivity index (χ0) is 28.2. The number of Topliss-reactive ketones (excluding diaryl/α,β-unsaturated/α-hetero) is 1. The maximum Gasteiger partial charge on any atom is 0.143 e. The van der Waals surface area contributed by atoms with Crippen LogP contribution in [0.5, 0.6) is 0 Å². The average Bonchev–Trinajstić information content (AvgIpc) is 3.04. The van der Waals surface area contributed by atoms with E-state index in [9.17, 15) is 4.79 Å². The fourth-order valence-corrected chi connectivity index (χ4v) is 8.22. The zero-order valence-corrected chi connectivity index (χ0v) is 25.0. The molecule has 4 aromatic carbocycles. The summed E-state index contributed by atoms with van der Waals surface area (Å²) >= 11 is 3.84. The Hall–Kier alpha value is -2.83. The zero-order valence-electron chi connectivity index (χ0n) is 23.4. The lowest BCUT2D eigenvalue weighted by molar-refractivity contribution is -0.122. The number of ketones is 1. The van der Waals surface area contributed by atoms with Gasteiger partial charge >= 0.3 is 0 Å². The van der Waals surface area contributed by atoms with Gasteiger partial charge < -0.3 is 9.47 Å². The number of carbonyl (C=O) groups is 1. The lowest BCUT2D eigenvalue weighted by atomic mass is 9.80. The van der Waals surface area contributed by atoms with Gasteiger partial charge in [0.15, 0.2) is 0 Å². The van der Waals surface area contributed by atoms with Gasteiger partial charge in [-0.1, -0.05) is 121 Å². The van der Waals surface area contributed by atoms with Crippen molar-refractivity contribution in [2.24, 2.45) is 0 Å². The fourth-order valence-electron chi connectivity index (χ4n) is 5.32. The number of carbonyl (C=O) groups excluding carboxylic acids is 1. The van der Waals surface area contributed by atoms with Crippen LogP contribution < -0.4 is 0 Å². The molecular weight excluding hydrogens is 545 g/mol. The highest BCUT2D eigenvalue weighted by atomic mass is 32.2. The minimum atomic E-state index is -0.785. The third-order valence-electron chi connectivity index (χ3n) is 7.37. The summed E-state index contributed by atoms with van der Waals surface area (Å²) in [5, 5.41) is 0. The summed E-state index contributed by atoms with van der Waals surface area (Å²) in [7, 11) is 0. The Balaban J connectivity index is 1.36. The van der Waals surface area contributed by atoms with Gasteiger partial charge in [-0.15, -0.1) is 23.5 Å². The van der Waals surface area contributed by atoms with Crippen molar-refractivity contribution in [3.63, 3.8) is 0 Å². The van der Waals surface area contributed by atoms with Crippen LogP contribution in [0.3, 0.4) is 0 Å². The second-order valence-electron chi connectivity index (χ2n) is 10.3. The molecule has 0 N–H and O–H groups in total. The number of hydrogen-bond acceptors (Lipinski definition) is 5. The highest BCUT2D eigenvalue weighted by molar-refractivity contribution is 8.17. The van der Waals surface area contributed by atoms with Crippen molar-refractivity contribution >= 4 is 29.3 Å². The van der Waals surface area contributed by atoms with Gasteiger partial charge in [0.2, 0.25) is 0 Å². The van der Waals surface area contributed by atoms with Crippen molar-refractivity contribution in [3.05, 3.63) is 144 Å². The van der Waals surface area contributed by atoms with Crippen LogP contribution in [0.2, 0.25) is 0 Å². The Kier molecular flexibility index (Phi) is 11.1. The van der Waals surface area contributed by atoms with Crippen LogP contribution in [0.15, 0.2) is 121 Å². The molecule has 0 amide bonds. The second-order valence-corrected chi connectivity index (χ2v) is 13.2. The van der Waals surface area contributed by atoms with E-state index in [1.165, 1.54) is 6.42 Å². The molecule has 0 aromatic heterocycles. The number of rotatable bonds is 14. The van der Waals surface area contributed by atoms with E-state index in [-0.39, 0.29) is 11.9 Å². The Morgan fingerprint density at radius 1 is 0.732 bits per heavy atom. The smallest absolute Gasteiger partial charge is 0.143 e. The molecule has 5 heteroatoms. The van der Waals surface area contributed by atoms with Gasteiger partial charge in [0, 0.05) is 12.8 Å². The Morgan fingerprint density at radius 3 is 1.73 bits per heavy atom. The summed E-state index contributed by atoms with van der Waals surface area (Å²) in [6, 6.07) is 41.4. The van der Waals surface area contributed by atoms with Gasteiger partial charge in [-0.2, -0.15) is 0 Å². The van der Waals surface area contributed by atoms with Crippen molar-refractivity contribution in [2.45, 2.75) is 48.6 Å². The normalized spacial score (nSPS) is 14.9. The molecule has 41 heavy (non-hydrogen) atoms. The number of ether oxygens (including phenoxy) is 2. The molecule has 1 heterocycles. The Morgan fingerprint density at radius 2 is 1.22 bits per heavy atom. The van der Waals surface area contributed by atoms with E-state index in [1.807, 2.05) is 59.9 Å². The number of thioether (sulfide) groups is 2. The lowest BCUT2D eigenvalue weighted by Crippen LogP contribution is -2.34. The van der Waals surface area contributed by atoms with E-state index in [0.29, 0.717) is 37.1 Å². The van der Waals surface area contributed by atoms with Crippen LogP contribution in [0, 0.1) is 0 Å². The van der Waals surface area contributed by atoms with E-state index >= 15 is 0 Å². The van der Waals surface area contributed by atoms with Crippen molar-refractivity contribution in [3.8, 4) is 0 Å². The van der Waals surface area contributed by atoms with E-state index in [2.05, 4.69) is 84.9 Å². The van der Waals surface area contributed by atoms with E-state index < -0.39 is 5.60 Å². The molecule has 212 valence electrons. The summed E-state index contributed by atoms with van der Waals surface area (Å²) < 4.78 is 13.8. The minimum Gasteiger partial charge on any atom is -0.373 e. The highest BCUT2D eigenvalue weighted by Gasteiger charge is 2.37. The molecule has 0 bridgehead atoms. The topological polar surface area (TPSA) is 35.5 Å². The molecule has 0 unspecified atom stereocenters. The first-order valence-corrected chi connectivity index (χ1v) is 16.5. The third-order valence-corrected chi connectivity index (χ3v) is 10.3. The number of benzene rings is 4. The van der Waals surface area contributed by atoms with Crippen LogP contribution in [0.1, 0.15) is 47.9 Å². The molecule has 3 nitrogen and oxygen atoms in total. The van der Waals surface area contributed by atoms with Crippen LogP contribution in [0.25, 0.3) is 0 Å². The lowest BCUT2D eigenvalue weighted by Gasteiger charge is -2.36. The molecule has 0 saturated carbocycles. The fraction of sp³-hybridized carbons (Fsp3) is 0.306. The molecular formula is C36H38O3S2. The van der Waals surface area contributed by atoms with Crippen molar-refractivity contribution < 1.29 is 14.3 Å². The molecule has 1 saturated heterocycles. The molecule has 0 spiro atoms. The van der Waals surface area contributed by atoms with Crippen LogP contribution in [-0.4, -0.2) is 34.6 Å². The molecule has 1 atom stereocenters. The van der Waals surface area contributed by atoms with Gasteiger partial charge in [0.05, 0.1) is 23.9 Å². The Bertz CT molecular complexity index is 1210. The summed E-state index contributed by atoms with van der Waals surface area (Å²) in [6.45, 7) is 0.922. The van der Waals surface area contributed by atoms with E-state index in [4.69, 9.17) is 9.47 Å². The quantitative estimate of drug-likeness (QED) is 0.139. The van der Waals surface area contributed by atoms with Crippen LogP contribution in [-0.2, 0) is 26.5 Å². The van der Waals surface area contributed by atoms with Gasteiger partial charge in [0.25, 0.3) is 0 Å². The maximum absolute atomic E-state index is 13.2. The largest absolute Gasteiger partial charge is 0.373 e. The molecule has 1 aliphatic heterocycles. The monoisotopic (exact) mass is 582 g/mol. The van der Waals surface area contributed by atoms with Gasteiger partial charge in [0.1, 0.15) is 11.4 Å². The van der Waals surface area contributed by atoms with E-state index in [1.54, 1.807) is 0 Å². The first-order chi connectivity index (χ1) is 20.2. The average molecular weight is 583 g/mol. The summed E-state index contributed by atoms with van der Waals surface area (Å²) in [4.78, 5) is 13.2. The molecule has 1 aliphatic rings. The van der Waals surface area contributed by atoms with Crippen LogP contribution >= 0.6 is 23.5 Å². The predicted octanol–water partition coefficient (Wildman–Crippen LogP) is 8.52. The van der Waals surface area contributed by atoms with Crippen molar-refractivity contribution in [1.82, 2.24) is 0 Å². The Labute approximate surface area is 253 Å². The van der Waals surface area contributed by atoms with Gasteiger partial charge in [-0.3, -0.25) is 4.79 Å². The molecule has 0 aliphatic carbocycles. The van der Waals surface area contributed by atoms with Crippen molar-refractivity contribution in [1.29, 1.82) is 0 Å². The predicted molar refractivity (Wildman–Crippen MR) is 172 cm³/mol. The van der Waals surface area contributed by atoms with Crippen LogP contribution in [0.4, 0.5) is 0 Å². The van der Waals surface area contributed by atoms with E-state index in [0.717, 1.165) is 33.8 Å². The highest BCUT2D eigenvalue weighted by Crippen LogP contribution is 2.40. The van der Waals surface area contributed by atoms with Gasteiger partial charge in [-0.05, 0) is 46.6 Å². The molecule has 5 rings (SSSR count). The first-order valence-electron chi connectivity index (χ1n) is 14.4. The third kappa shape index (κ3) is 8.14. The molecule has 1 fully saturated rings. The second kappa shape index (κ2) is 15.4. The first kappa shape index (κ1) is 29.7. The number of hydrogen-bond donors (Lipinski definition) is 0.